The highest BCUT2D eigenvalue weighted by Gasteiger charge is 2.25. The first-order valence-corrected chi connectivity index (χ1v) is 7.12. The second-order valence-electron chi connectivity index (χ2n) is 5.60. The molecule has 3 heteroatoms. The molecule has 1 fully saturated rings. The molecule has 0 saturated heterocycles. The first-order chi connectivity index (χ1) is 9.15. The van der Waals surface area contributed by atoms with Gasteiger partial charge < -0.3 is 14.8 Å². The Hall–Kier alpha value is -1.06. The summed E-state index contributed by atoms with van der Waals surface area (Å²) in [5.41, 5.74) is 1.24. The van der Waals surface area contributed by atoms with Gasteiger partial charge >= 0.3 is 0 Å². The van der Waals surface area contributed by atoms with Crippen LogP contribution in [-0.4, -0.2) is 26.4 Å². The highest BCUT2D eigenvalue weighted by Crippen LogP contribution is 2.29. The summed E-state index contributed by atoms with van der Waals surface area (Å²) in [5, 5.41) is 3.36. The van der Waals surface area contributed by atoms with E-state index in [0.717, 1.165) is 5.75 Å². The maximum atomic E-state index is 5.78. The molecule has 2 unspecified atom stereocenters. The first kappa shape index (κ1) is 14.4. The molecular formula is C16H25NO2. The van der Waals surface area contributed by atoms with Gasteiger partial charge in [0.2, 0.25) is 0 Å². The molecule has 19 heavy (non-hydrogen) atoms. The SMILES string of the molecule is CNC(c1ccc(OC2CC2)cc1)C(OC)C(C)C. The minimum atomic E-state index is 0.167. The quantitative estimate of drug-likeness (QED) is 0.819. The van der Waals surface area contributed by atoms with Crippen LogP contribution in [-0.2, 0) is 4.74 Å². The smallest absolute Gasteiger partial charge is 0.119 e. The summed E-state index contributed by atoms with van der Waals surface area (Å²) in [4.78, 5) is 0. The Balaban J connectivity index is 2.08. The molecule has 1 aliphatic carbocycles. The van der Waals surface area contributed by atoms with E-state index in [9.17, 15) is 0 Å². The highest BCUT2D eigenvalue weighted by molar-refractivity contribution is 5.30. The number of hydrogen-bond donors (Lipinski definition) is 1. The van der Waals surface area contributed by atoms with E-state index in [1.807, 2.05) is 7.05 Å². The Morgan fingerprint density at radius 2 is 1.79 bits per heavy atom. The van der Waals surface area contributed by atoms with Crippen molar-refractivity contribution in [2.24, 2.45) is 5.92 Å². The van der Waals surface area contributed by atoms with Gasteiger partial charge in [0.1, 0.15) is 5.75 Å². The summed E-state index contributed by atoms with van der Waals surface area (Å²) in [6, 6.07) is 8.59. The third-order valence-corrected chi connectivity index (χ3v) is 3.64. The minimum absolute atomic E-state index is 0.167. The summed E-state index contributed by atoms with van der Waals surface area (Å²) < 4.78 is 11.4. The summed E-state index contributed by atoms with van der Waals surface area (Å²) in [5.74, 6) is 1.43. The molecule has 0 heterocycles. The molecule has 0 aromatic heterocycles. The number of rotatable bonds is 7. The molecule has 0 spiro atoms. The summed E-state index contributed by atoms with van der Waals surface area (Å²) in [7, 11) is 3.76. The van der Waals surface area contributed by atoms with Crippen molar-refractivity contribution in [1.82, 2.24) is 5.32 Å². The molecule has 1 saturated carbocycles. The van der Waals surface area contributed by atoms with Gasteiger partial charge in [-0.3, -0.25) is 0 Å². The largest absolute Gasteiger partial charge is 0.490 e. The zero-order valence-electron chi connectivity index (χ0n) is 12.3. The molecule has 3 nitrogen and oxygen atoms in total. The molecule has 0 radical (unpaired) electrons. The number of nitrogens with one attached hydrogen (secondary N) is 1. The Kier molecular flexibility index (Phi) is 4.83. The molecule has 1 aromatic carbocycles. The van der Waals surface area contributed by atoms with Crippen LogP contribution in [0.5, 0.6) is 5.75 Å². The predicted molar refractivity (Wildman–Crippen MR) is 77.5 cm³/mol. The van der Waals surface area contributed by atoms with Crippen molar-refractivity contribution in [2.45, 2.75) is 44.9 Å². The van der Waals surface area contributed by atoms with Crippen molar-refractivity contribution in [2.75, 3.05) is 14.2 Å². The van der Waals surface area contributed by atoms with E-state index in [0.29, 0.717) is 12.0 Å². The van der Waals surface area contributed by atoms with Crippen molar-refractivity contribution in [1.29, 1.82) is 0 Å². The summed E-state index contributed by atoms with van der Waals surface area (Å²) in [6.45, 7) is 4.37. The number of likely N-dealkylation sites (N-methyl/N-ethyl adjacent to an activating group) is 1. The molecule has 0 bridgehead atoms. The highest BCUT2D eigenvalue weighted by atomic mass is 16.5. The van der Waals surface area contributed by atoms with E-state index in [2.05, 4.69) is 43.4 Å². The van der Waals surface area contributed by atoms with Crippen LogP contribution < -0.4 is 10.1 Å². The summed E-state index contributed by atoms with van der Waals surface area (Å²) in [6.07, 6.45) is 3.01. The Morgan fingerprint density at radius 1 is 1.16 bits per heavy atom. The third-order valence-electron chi connectivity index (χ3n) is 3.64. The lowest BCUT2D eigenvalue weighted by molar-refractivity contribution is 0.0348. The lowest BCUT2D eigenvalue weighted by atomic mass is 9.93. The molecule has 0 amide bonds. The van der Waals surface area contributed by atoms with Gasteiger partial charge in [0, 0.05) is 7.11 Å². The van der Waals surface area contributed by atoms with E-state index in [-0.39, 0.29) is 12.1 Å². The second-order valence-corrected chi connectivity index (χ2v) is 5.60. The minimum Gasteiger partial charge on any atom is -0.490 e. The zero-order chi connectivity index (χ0) is 13.8. The van der Waals surface area contributed by atoms with E-state index >= 15 is 0 Å². The average molecular weight is 263 g/mol. The molecule has 0 aliphatic heterocycles. The van der Waals surface area contributed by atoms with Gasteiger partial charge in [0.15, 0.2) is 0 Å². The third kappa shape index (κ3) is 3.71. The van der Waals surface area contributed by atoms with Gasteiger partial charge in [-0.15, -0.1) is 0 Å². The number of benzene rings is 1. The topological polar surface area (TPSA) is 30.5 Å². The lowest BCUT2D eigenvalue weighted by Gasteiger charge is -2.29. The number of hydrogen-bond acceptors (Lipinski definition) is 3. The standard InChI is InChI=1S/C16H25NO2/c1-11(2)16(18-4)15(17-3)12-5-7-13(8-6-12)19-14-9-10-14/h5-8,11,14-17H,9-10H2,1-4H3. The second kappa shape index (κ2) is 6.40. The van der Waals surface area contributed by atoms with E-state index < -0.39 is 0 Å². The fourth-order valence-corrected chi connectivity index (χ4v) is 2.45. The zero-order valence-corrected chi connectivity index (χ0v) is 12.3. The van der Waals surface area contributed by atoms with E-state index in [4.69, 9.17) is 9.47 Å². The predicted octanol–water partition coefficient (Wildman–Crippen LogP) is 3.16. The fourth-order valence-electron chi connectivity index (χ4n) is 2.45. The normalized spacial score (nSPS) is 18.4. The molecule has 1 aromatic rings. The number of ether oxygens (including phenoxy) is 2. The maximum absolute atomic E-state index is 5.78. The molecule has 1 aliphatic rings. The molecule has 2 atom stereocenters. The van der Waals surface area contributed by atoms with Crippen molar-refractivity contribution in [3.63, 3.8) is 0 Å². The maximum Gasteiger partial charge on any atom is 0.119 e. The van der Waals surface area contributed by atoms with Crippen molar-refractivity contribution in [3.8, 4) is 5.75 Å². The fraction of sp³-hybridized carbons (Fsp3) is 0.625. The van der Waals surface area contributed by atoms with Gasteiger partial charge in [0.05, 0.1) is 18.2 Å². The lowest BCUT2D eigenvalue weighted by Crippen LogP contribution is -2.34. The van der Waals surface area contributed by atoms with Crippen LogP contribution in [0.4, 0.5) is 0 Å². The van der Waals surface area contributed by atoms with Crippen LogP contribution in [0, 0.1) is 5.92 Å². The first-order valence-electron chi connectivity index (χ1n) is 7.12. The summed E-state index contributed by atoms with van der Waals surface area (Å²) >= 11 is 0. The van der Waals surface area contributed by atoms with Crippen molar-refractivity contribution >= 4 is 0 Å². The Bertz CT molecular complexity index is 384. The van der Waals surface area contributed by atoms with Crippen LogP contribution in [0.2, 0.25) is 0 Å². The van der Waals surface area contributed by atoms with Gasteiger partial charge in [0.25, 0.3) is 0 Å². The van der Waals surface area contributed by atoms with Gasteiger partial charge in [-0.25, -0.2) is 0 Å². The van der Waals surface area contributed by atoms with Crippen LogP contribution in [0.1, 0.15) is 38.3 Å². The van der Waals surface area contributed by atoms with Crippen LogP contribution in [0.15, 0.2) is 24.3 Å². The monoisotopic (exact) mass is 263 g/mol. The van der Waals surface area contributed by atoms with E-state index in [1.54, 1.807) is 7.11 Å². The molecule has 2 rings (SSSR count). The van der Waals surface area contributed by atoms with Crippen LogP contribution in [0.25, 0.3) is 0 Å². The molecule has 106 valence electrons. The van der Waals surface area contributed by atoms with Gasteiger partial charge in [-0.2, -0.15) is 0 Å². The molecule has 1 N–H and O–H groups in total. The molecular weight excluding hydrogens is 238 g/mol. The van der Waals surface area contributed by atoms with Crippen LogP contribution >= 0.6 is 0 Å². The van der Waals surface area contributed by atoms with Crippen LogP contribution in [0.3, 0.4) is 0 Å². The average Bonchev–Trinajstić information content (AvgIpc) is 3.20. The van der Waals surface area contributed by atoms with Crippen molar-refractivity contribution < 1.29 is 9.47 Å². The Labute approximate surface area is 116 Å². The van der Waals surface area contributed by atoms with E-state index in [1.165, 1.54) is 18.4 Å². The van der Waals surface area contributed by atoms with Gasteiger partial charge in [-0.05, 0) is 43.5 Å². The van der Waals surface area contributed by atoms with Gasteiger partial charge in [-0.1, -0.05) is 26.0 Å². The Morgan fingerprint density at radius 3 is 2.21 bits per heavy atom. The number of methoxy groups -OCH3 is 1. The van der Waals surface area contributed by atoms with Crippen molar-refractivity contribution in [3.05, 3.63) is 29.8 Å².